The van der Waals surface area contributed by atoms with Gasteiger partial charge in [-0.2, -0.15) is 0 Å². The summed E-state index contributed by atoms with van der Waals surface area (Å²) in [5.74, 6) is -0.152. The molecule has 0 amide bonds. The fraction of sp³-hybridized carbons (Fsp3) is 0. The van der Waals surface area contributed by atoms with E-state index in [0.717, 1.165) is 0 Å². The highest BCUT2D eigenvalue weighted by molar-refractivity contribution is 7.80. The van der Waals surface area contributed by atoms with Crippen molar-refractivity contribution in [3.8, 4) is 0 Å². The van der Waals surface area contributed by atoms with Gasteiger partial charge in [0.25, 0.3) is 0 Å². The number of ketones is 1. The highest BCUT2D eigenvalue weighted by Gasteiger charge is 2.14. The van der Waals surface area contributed by atoms with Crippen LogP contribution in [0.3, 0.4) is 0 Å². The third kappa shape index (κ3) is 1.54. The number of hydrogen-bond acceptors (Lipinski definition) is 4. The van der Waals surface area contributed by atoms with E-state index >= 15 is 0 Å². The fourth-order valence-electron chi connectivity index (χ4n) is 1.11. The topological polar surface area (TPSA) is 58.6 Å². The fourth-order valence-corrected chi connectivity index (χ4v) is 1.30. The quantitative estimate of drug-likeness (QED) is 0.574. The van der Waals surface area contributed by atoms with E-state index in [-0.39, 0.29) is 5.78 Å². The number of carbonyl (C=O) groups is 1. The molecule has 0 unspecified atom stereocenters. The monoisotopic (exact) mass is 205 g/mol. The summed E-state index contributed by atoms with van der Waals surface area (Å²) in [7, 11) is 0. The maximum atomic E-state index is 11.8. The number of aromatic nitrogens is 3. The Bertz CT molecular complexity index is 452. The van der Waals surface area contributed by atoms with E-state index in [1.54, 1.807) is 24.3 Å². The first kappa shape index (κ1) is 8.96. The molecule has 0 aliphatic rings. The van der Waals surface area contributed by atoms with E-state index in [9.17, 15) is 4.79 Å². The van der Waals surface area contributed by atoms with E-state index in [2.05, 4.69) is 28.0 Å². The first-order valence-corrected chi connectivity index (χ1v) is 4.43. The first-order chi connectivity index (χ1) is 6.79. The summed E-state index contributed by atoms with van der Waals surface area (Å²) in [5, 5.41) is 9.93. The van der Waals surface area contributed by atoms with Gasteiger partial charge in [-0.15, -0.1) is 17.7 Å². The third-order valence-corrected chi connectivity index (χ3v) is 2.11. The standard InChI is InChI=1S/C9H7N3OS/c13-8(6-4-2-1-3-5-6)7-9(14)11-12-10-7/h1-5H,(H2,10,11,12,14). The number of thiol groups is 1. The molecule has 0 bridgehead atoms. The van der Waals surface area contributed by atoms with Crippen molar-refractivity contribution in [1.82, 2.24) is 15.4 Å². The van der Waals surface area contributed by atoms with Gasteiger partial charge in [-0.25, -0.2) is 0 Å². The van der Waals surface area contributed by atoms with Gasteiger partial charge in [0.1, 0.15) is 10.7 Å². The van der Waals surface area contributed by atoms with Gasteiger partial charge in [0.05, 0.1) is 0 Å². The molecule has 0 spiro atoms. The van der Waals surface area contributed by atoms with Crippen LogP contribution in [0.1, 0.15) is 16.1 Å². The maximum Gasteiger partial charge on any atom is 0.213 e. The number of rotatable bonds is 2. The van der Waals surface area contributed by atoms with Gasteiger partial charge >= 0.3 is 0 Å². The van der Waals surface area contributed by atoms with Crippen molar-refractivity contribution in [3.63, 3.8) is 0 Å². The molecular weight excluding hydrogens is 198 g/mol. The largest absolute Gasteiger partial charge is 0.287 e. The SMILES string of the molecule is O=C(c1ccccc1)c1[nH]nnc1S. The first-order valence-electron chi connectivity index (χ1n) is 3.99. The molecule has 2 rings (SSSR count). The summed E-state index contributed by atoms with van der Waals surface area (Å²) >= 11 is 4.01. The van der Waals surface area contributed by atoms with Crippen molar-refractivity contribution >= 4 is 18.4 Å². The lowest BCUT2D eigenvalue weighted by molar-refractivity contribution is 0.103. The van der Waals surface area contributed by atoms with Crippen LogP contribution in [0.25, 0.3) is 0 Å². The Labute approximate surface area is 85.8 Å². The van der Waals surface area contributed by atoms with Gasteiger partial charge in [0.2, 0.25) is 5.78 Å². The Morgan fingerprint density at radius 3 is 2.57 bits per heavy atom. The summed E-state index contributed by atoms with van der Waals surface area (Å²) in [5.41, 5.74) is 0.911. The predicted molar refractivity (Wildman–Crippen MR) is 53.5 cm³/mol. The van der Waals surface area contributed by atoms with Crippen LogP contribution in [0.5, 0.6) is 0 Å². The van der Waals surface area contributed by atoms with Gasteiger partial charge in [0, 0.05) is 5.56 Å². The summed E-state index contributed by atoms with van der Waals surface area (Å²) < 4.78 is 0. The Morgan fingerprint density at radius 2 is 2.00 bits per heavy atom. The molecule has 1 heterocycles. The molecule has 0 saturated carbocycles. The molecule has 70 valence electrons. The van der Waals surface area contributed by atoms with Gasteiger partial charge < -0.3 is 0 Å². The molecule has 0 fully saturated rings. The second kappa shape index (κ2) is 3.63. The summed E-state index contributed by atoms with van der Waals surface area (Å²) in [4.78, 5) is 11.8. The van der Waals surface area contributed by atoms with Gasteiger partial charge in [0.15, 0.2) is 0 Å². The molecule has 0 saturated heterocycles. The zero-order valence-corrected chi connectivity index (χ0v) is 8.03. The Hall–Kier alpha value is -1.62. The molecule has 1 N–H and O–H groups in total. The van der Waals surface area contributed by atoms with Crippen molar-refractivity contribution in [2.75, 3.05) is 0 Å². The van der Waals surface area contributed by atoms with Crippen LogP contribution in [0.2, 0.25) is 0 Å². The van der Waals surface area contributed by atoms with Crippen LogP contribution < -0.4 is 0 Å². The zero-order valence-electron chi connectivity index (χ0n) is 7.14. The second-order valence-electron chi connectivity index (χ2n) is 2.71. The van der Waals surface area contributed by atoms with Crippen LogP contribution in [-0.2, 0) is 0 Å². The van der Waals surface area contributed by atoms with Gasteiger partial charge in [-0.05, 0) is 0 Å². The van der Waals surface area contributed by atoms with Crippen molar-refractivity contribution in [3.05, 3.63) is 41.6 Å². The molecule has 1 aromatic carbocycles. The zero-order chi connectivity index (χ0) is 9.97. The highest BCUT2D eigenvalue weighted by Crippen LogP contribution is 2.12. The lowest BCUT2D eigenvalue weighted by Crippen LogP contribution is -2.02. The van der Waals surface area contributed by atoms with Gasteiger partial charge in [-0.3, -0.25) is 9.89 Å². The van der Waals surface area contributed by atoms with Crippen LogP contribution in [-0.4, -0.2) is 21.2 Å². The number of H-pyrrole nitrogens is 1. The average molecular weight is 205 g/mol. The Balaban J connectivity index is 2.39. The van der Waals surface area contributed by atoms with Gasteiger partial charge in [-0.1, -0.05) is 35.5 Å². The van der Waals surface area contributed by atoms with E-state index in [4.69, 9.17) is 0 Å². The number of nitrogens with zero attached hydrogens (tertiary/aromatic N) is 2. The smallest absolute Gasteiger partial charge is 0.213 e. The highest BCUT2D eigenvalue weighted by atomic mass is 32.1. The van der Waals surface area contributed by atoms with Crippen molar-refractivity contribution in [2.24, 2.45) is 0 Å². The number of carbonyl (C=O) groups excluding carboxylic acids is 1. The van der Waals surface area contributed by atoms with Crippen molar-refractivity contribution in [2.45, 2.75) is 5.03 Å². The molecule has 0 atom stereocenters. The molecule has 1 aromatic heterocycles. The predicted octanol–water partition coefficient (Wildman–Crippen LogP) is 1.32. The van der Waals surface area contributed by atoms with E-state index in [0.29, 0.717) is 16.3 Å². The van der Waals surface area contributed by atoms with Crippen molar-refractivity contribution < 1.29 is 4.79 Å². The normalized spacial score (nSPS) is 10.1. The summed E-state index contributed by atoms with van der Waals surface area (Å²) in [6.07, 6.45) is 0. The lowest BCUT2D eigenvalue weighted by atomic mass is 10.1. The molecule has 0 radical (unpaired) electrons. The van der Waals surface area contributed by atoms with Crippen LogP contribution in [0, 0.1) is 0 Å². The second-order valence-corrected chi connectivity index (χ2v) is 3.13. The maximum absolute atomic E-state index is 11.8. The number of aromatic amines is 1. The van der Waals surface area contributed by atoms with Crippen LogP contribution in [0.4, 0.5) is 0 Å². The molecule has 2 aromatic rings. The minimum atomic E-state index is -0.152. The number of benzene rings is 1. The van der Waals surface area contributed by atoms with E-state index < -0.39 is 0 Å². The lowest BCUT2D eigenvalue weighted by Gasteiger charge is -1.96. The molecule has 14 heavy (non-hydrogen) atoms. The average Bonchev–Trinajstić information content (AvgIpc) is 2.65. The molecular formula is C9H7N3OS. The number of hydrogen-bond donors (Lipinski definition) is 2. The van der Waals surface area contributed by atoms with E-state index in [1.807, 2.05) is 6.07 Å². The summed E-state index contributed by atoms with van der Waals surface area (Å²) in [6.45, 7) is 0. The third-order valence-electron chi connectivity index (χ3n) is 1.79. The van der Waals surface area contributed by atoms with Crippen molar-refractivity contribution in [1.29, 1.82) is 0 Å². The van der Waals surface area contributed by atoms with Crippen LogP contribution in [0.15, 0.2) is 35.4 Å². The minimum absolute atomic E-state index is 0.152. The molecule has 0 aliphatic carbocycles. The molecule has 0 aliphatic heterocycles. The summed E-state index contributed by atoms with van der Waals surface area (Å²) in [6, 6.07) is 8.92. The van der Waals surface area contributed by atoms with Crippen LogP contribution >= 0.6 is 12.6 Å². The Morgan fingerprint density at radius 1 is 1.29 bits per heavy atom. The van der Waals surface area contributed by atoms with E-state index in [1.165, 1.54) is 0 Å². The molecule has 5 heteroatoms. The minimum Gasteiger partial charge on any atom is -0.287 e. The number of nitrogens with one attached hydrogen (secondary N) is 1. The Kier molecular flexibility index (Phi) is 2.32. The molecule has 4 nitrogen and oxygen atoms in total.